The van der Waals surface area contributed by atoms with Crippen molar-refractivity contribution in [3.63, 3.8) is 0 Å². The van der Waals surface area contributed by atoms with Crippen LogP contribution in [0.25, 0.3) is 11.3 Å². The van der Waals surface area contributed by atoms with Crippen molar-refractivity contribution in [3.8, 4) is 11.3 Å². The lowest BCUT2D eigenvalue weighted by atomic mass is 9.86. The first kappa shape index (κ1) is 25.1. The number of carbonyl (C=O) groups excluding carboxylic acids is 2. The van der Waals surface area contributed by atoms with Gasteiger partial charge in [-0.25, -0.2) is 4.68 Å². The number of nitrogen functional groups attached to an aromatic ring is 1. The minimum Gasteiger partial charge on any atom is -0.469 e. The predicted octanol–water partition coefficient (Wildman–Crippen LogP) is 2.10. The van der Waals surface area contributed by atoms with Gasteiger partial charge in [0, 0.05) is 23.7 Å². The average Bonchev–Trinajstić information content (AvgIpc) is 2.79. The number of ether oxygens (including phenoxy) is 1. The number of carbonyl (C=O) groups is 2. The van der Waals surface area contributed by atoms with Gasteiger partial charge in [0.05, 0.1) is 18.7 Å². The first-order chi connectivity index (χ1) is 14.8. The van der Waals surface area contributed by atoms with Gasteiger partial charge in [-0.2, -0.15) is 5.10 Å². The fraction of sp³-hybridized carbons (Fsp3) is 0.409. The van der Waals surface area contributed by atoms with Gasteiger partial charge in [-0.05, 0) is 38.7 Å². The van der Waals surface area contributed by atoms with Gasteiger partial charge in [0.25, 0.3) is 11.5 Å². The van der Waals surface area contributed by atoms with E-state index in [1.807, 2.05) is 0 Å². The summed E-state index contributed by atoms with van der Waals surface area (Å²) in [6.07, 6.45) is 2.58. The number of hydrogen-bond donors (Lipinski definition) is 3. The molecule has 0 bridgehead atoms. The first-order valence-corrected chi connectivity index (χ1v) is 10.3. The summed E-state index contributed by atoms with van der Waals surface area (Å²) >= 11 is 0. The van der Waals surface area contributed by atoms with Crippen LogP contribution < -0.4 is 16.6 Å². The third kappa shape index (κ3) is 5.53. The van der Waals surface area contributed by atoms with Crippen LogP contribution in [0.2, 0.25) is 0 Å². The molecule has 10 heteroatoms. The molecule has 4 N–H and O–H groups in total. The number of aryl methyl sites for hydroxylation is 1. The maximum Gasteiger partial charge on any atom is 0.308 e. The molecule has 1 aliphatic carbocycles. The number of nitrogens with one attached hydrogen (secondary N) is 2. The summed E-state index contributed by atoms with van der Waals surface area (Å²) in [5.41, 5.74) is 6.84. The second-order valence-electron chi connectivity index (χ2n) is 7.60. The quantitative estimate of drug-likeness (QED) is 0.342. The number of halogens is 1. The van der Waals surface area contributed by atoms with Gasteiger partial charge in [0.1, 0.15) is 11.4 Å². The standard InChI is InChI=1S/C22H27N5O4.ClH/c1-3-27-21(29)17(12-18(26-27)13-4-6-14(7-5-13)19(23)24)20(28)25-16-10-8-15(9-11-16)22(30)31-2;/h4-7,12,15-16H,3,8-11H2,1-2H3,(H3,23,24)(H,25,28);1H. The molecule has 1 aliphatic rings. The number of nitrogens with two attached hydrogens (primary N) is 1. The molecule has 0 aliphatic heterocycles. The van der Waals surface area contributed by atoms with Crippen LogP contribution in [0.1, 0.15) is 48.5 Å². The molecule has 1 aromatic carbocycles. The van der Waals surface area contributed by atoms with E-state index in [-0.39, 0.29) is 41.7 Å². The Balaban J connectivity index is 0.00000363. The maximum atomic E-state index is 12.9. The summed E-state index contributed by atoms with van der Waals surface area (Å²) < 4.78 is 6.06. The Bertz CT molecular complexity index is 1040. The molecule has 32 heavy (non-hydrogen) atoms. The van der Waals surface area contributed by atoms with Crippen molar-refractivity contribution >= 4 is 30.1 Å². The summed E-state index contributed by atoms with van der Waals surface area (Å²) in [5.74, 6) is -0.844. The molecule has 0 saturated heterocycles. The minimum absolute atomic E-state index is 0. The first-order valence-electron chi connectivity index (χ1n) is 10.3. The van der Waals surface area contributed by atoms with E-state index < -0.39 is 11.5 Å². The predicted molar refractivity (Wildman–Crippen MR) is 123 cm³/mol. The van der Waals surface area contributed by atoms with Crippen LogP contribution in [0, 0.1) is 11.3 Å². The highest BCUT2D eigenvalue weighted by Gasteiger charge is 2.28. The van der Waals surface area contributed by atoms with Crippen LogP contribution >= 0.6 is 12.4 Å². The monoisotopic (exact) mass is 461 g/mol. The normalized spacial score (nSPS) is 17.7. The van der Waals surface area contributed by atoms with Crippen LogP contribution in [-0.2, 0) is 16.1 Å². The van der Waals surface area contributed by atoms with Crippen molar-refractivity contribution in [1.82, 2.24) is 15.1 Å². The second-order valence-corrected chi connectivity index (χ2v) is 7.60. The zero-order chi connectivity index (χ0) is 22.5. The highest BCUT2D eigenvalue weighted by molar-refractivity contribution is 5.96. The number of aromatic nitrogens is 2. The van der Waals surface area contributed by atoms with E-state index >= 15 is 0 Å². The summed E-state index contributed by atoms with van der Waals surface area (Å²) in [7, 11) is 1.38. The molecule has 1 saturated carbocycles. The molecule has 1 heterocycles. The van der Waals surface area contributed by atoms with Crippen LogP contribution in [0.5, 0.6) is 0 Å². The Morgan fingerprint density at radius 1 is 1.22 bits per heavy atom. The Morgan fingerprint density at radius 2 is 1.84 bits per heavy atom. The molecule has 172 valence electrons. The smallest absolute Gasteiger partial charge is 0.308 e. The number of hydrogen-bond acceptors (Lipinski definition) is 6. The second kappa shape index (κ2) is 10.9. The fourth-order valence-electron chi connectivity index (χ4n) is 3.78. The summed E-state index contributed by atoms with van der Waals surface area (Å²) in [4.78, 5) is 37.3. The maximum absolute atomic E-state index is 12.9. The van der Waals surface area contributed by atoms with Crippen LogP contribution in [-0.4, -0.2) is 40.6 Å². The molecule has 1 fully saturated rings. The molecular weight excluding hydrogens is 434 g/mol. The third-order valence-electron chi connectivity index (χ3n) is 5.61. The SMILES string of the molecule is CCn1nc(-c2ccc(C(=N)N)cc2)cc(C(=O)NC2CCC(C(=O)OC)CC2)c1=O.Cl. The van der Waals surface area contributed by atoms with Crippen molar-refractivity contribution < 1.29 is 14.3 Å². The van der Waals surface area contributed by atoms with Gasteiger partial charge in [0.2, 0.25) is 0 Å². The van der Waals surface area contributed by atoms with Gasteiger partial charge in [-0.15, -0.1) is 12.4 Å². The Labute approximate surface area is 192 Å². The fourth-order valence-corrected chi connectivity index (χ4v) is 3.78. The molecule has 1 aromatic heterocycles. The van der Waals surface area contributed by atoms with Gasteiger partial charge in [-0.3, -0.25) is 19.8 Å². The van der Waals surface area contributed by atoms with Crippen molar-refractivity contribution in [2.24, 2.45) is 11.7 Å². The van der Waals surface area contributed by atoms with Gasteiger partial charge in [-0.1, -0.05) is 24.3 Å². The van der Waals surface area contributed by atoms with Gasteiger partial charge >= 0.3 is 5.97 Å². The van der Waals surface area contributed by atoms with E-state index in [2.05, 4.69) is 10.4 Å². The number of rotatable bonds is 6. The number of nitrogens with zero attached hydrogens (tertiary/aromatic N) is 2. The zero-order valence-corrected chi connectivity index (χ0v) is 18.9. The van der Waals surface area contributed by atoms with Crippen molar-refractivity contribution in [1.29, 1.82) is 5.41 Å². The number of amidine groups is 1. The third-order valence-corrected chi connectivity index (χ3v) is 5.61. The van der Waals surface area contributed by atoms with Gasteiger partial charge < -0.3 is 15.8 Å². The molecule has 1 amide bonds. The molecule has 0 atom stereocenters. The lowest BCUT2D eigenvalue weighted by Crippen LogP contribution is -2.42. The Hall–Kier alpha value is -3.20. The van der Waals surface area contributed by atoms with E-state index in [1.54, 1.807) is 31.2 Å². The lowest BCUT2D eigenvalue weighted by molar-refractivity contribution is -0.146. The number of methoxy groups -OCH3 is 1. The van der Waals surface area contributed by atoms with E-state index in [0.29, 0.717) is 49.0 Å². The summed E-state index contributed by atoms with van der Waals surface area (Å²) in [6, 6.07) is 8.28. The van der Waals surface area contributed by atoms with Crippen molar-refractivity contribution in [2.45, 2.75) is 45.2 Å². The Kier molecular flexibility index (Phi) is 8.54. The molecule has 0 unspecified atom stereocenters. The van der Waals surface area contributed by atoms with Gasteiger partial charge in [0.15, 0.2) is 0 Å². The zero-order valence-electron chi connectivity index (χ0n) is 18.1. The van der Waals surface area contributed by atoms with E-state index in [0.717, 1.165) is 0 Å². The van der Waals surface area contributed by atoms with E-state index in [1.165, 1.54) is 17.9 Å². The molecule has 3 rings (SSSR count). The molecule has 0 radical (unpaired) electrons. The molecule has 0 spiro atoms. The van der Waals surface area contributed by atoms with E-state index in [4.69, 9.17) is 15.9 Å². The highest BCUT2D eigenvalue weighted by Crippen LogP contribution is 2.25. The van der Waals surface area contributed by atoms with E-state index in [9.17, 15) is 14.4 Å². The number of esters is 1. The summed E-state index contributed by atoms with van der Waals surface area (Å²) in [6.45, 7) is 2.11. The summed E-state index contributed by atoms with van der Waals surface area (Å²) in [5, 5.41) is 14.8. The molecule has 9 nitrogen and oxygen atoms in total. The Morgan fingerprint density at radius 3 is 2.38 bits per heavy atom. The molecular formula is C22H28ClN5O4. The average molecular weight is 462 g/mol. The van der Waals surface area contributed by atoms with Crippen LogP contribution in [0.4, 0.5) is 0 Å². The lowest BCUT2D eigenvalue weighted by Gasteiger charge is -2.27. The largest absolute Gasteiger partial charge is 0.469 e. The van der Waals surface area contributed by atoms with Crippen molar-refractivity contribution in [3.05, 3.63) is 51.8 Å². The number of benzene rings is 1. The van der Waals surface area contributed by atoms with Crippen LogP contribution in [0.3, 0.4) is 0 Å². The van der Waals surface area contributed by atoms with Crippen molar-refractivity contribution in [2.75, 3.05) is 7.11 Å². The highest BCUT2D eigenvalue weighted by atomic mass is 35.5. The molecule has 2 aromatic rings. The minimum atomic E-state index is -0.452. The number of amides is 1. The topological polar surface area (TPSA) is 140 Å². The van der Waals surface area contributed by atoms with Crippen LogP contribution in [0.15, 0.2) is 35.1 Å².